The number of carboxylic acids is 1. The number of hydrogen-bond acceptors (Lipinski definition) is 5. The van der Waals surface area contributed by atoms with E-state index in [2.05, 4.69) is 21.2 Å². The lowest BCUT2D eigenvalue weighted by Gasteiger charge is -2.14. The minimum absolute atomic E-state index is 0.00316. The molecule has 1 aliphatic rings. The van der Waals surface area contributed by atoms with E-state index in [0.29, 0.717) is 9.23 Å². The number of thioether (sulfide) groups is 1. The molecule has 0 saturated carbocycles. The summed E-state index contributed by atoms with van der Waals surface area (Å²) >= 11 is 9.86. The Hall–Kier alpha value is -2.49. The quantitative estimate of drug-likeness (QED) is 0.461. The molecule has 2 amide bonds. The number of carbonyl (C=O) groups is 3. The molecule has 2 aromatic rings. The Labute approximate surface area is 185 Å². The number of amides is 2. The number of hydrogen-bond donors (Lipinski definition) is 2. The number of benzene rings is 2. The Morgan fingerprint density at radius 2 is 1.97 bits per heavy atom. The third-order valence-electron chi connectivity index (χ3n) is 4.01. The Morgan fingerprint density at radius 1 is 1.21 bits per heavy atom. The van der Waals surface area contributed by atoms with E-state index in [1.807, 2.05) is 24.3 Å². The van der Waals surface area contributed by atoms with Gasteiger partial charge in [0.25, 0.3) is 5.91 Å². The predicted molar refractivity (Wildman–Crippen MR) is 121 cm³/mol. The fraction of sp³-hybridized carbons (Fsp3) is 0.100. The summed E-state index contributed by atoms with van der Waals surface area (Å²) in [5.41, 5.74) is 1.08. The monoisotopic (exact) mass is 490 g/mol. The van der Waals surface area contributed by atoms with Gasteiger partial charge in [0.1, 0.15) is 4.32 Å². The third-order valence-corrected chi connectivity index (χ3v) is 5.89. The van der Waals surface area contributed by atoms with Crippen molar-refractivity contribution < 1.29 is 19.5 Å². The summed E-state index contributed by atoms with van der Waals surface area (Å²) in [4.78, 5) is 38.0. The van der Waals surface area contributed by atoms with E-state index in [4.69, 9.17) is 12.2 Å². The molecular formula is C20H15BrN2O4S2. The van der Waals surface area contributed by atoms with Gasteiger partial charge in [-0.2, -0.15) is 0 Å². The van der Waals surface area contributed by atoms with Crippen LogP contribution in [-0.4, -0.2) is 38.7 Å². The second kappa shape index (κ2) is 9.34. The lowest BCUT2D eigenvalue weighted by Crippen LogP contribution is -2.31. The van der Waals surface area contributed by atoms with Gasteiger partial charge >= 0.3 is 5.97 Å². The average molecular weight is 491 g/mol. The zero-order chi connectivity index (χ0) is 21.0. The van der Waals surface area contributed by atoms with E-state index in [0.717, 1.165) is 10.0 Å². The molecule has 0 aromatic heterocycles. The van der Waals surface area contributed by atoms with Crippen molar-refractivity contribution in [1.29, 1.82) is 0 Å². The first-order valence-electron chi connectivity index (χ1n) is 8.48. The molecule has 0 spiro atoms. The highest BCUT2D eigenvalue weighted by atomic mass is 79.9. The zero-order valence-electron chi connectivity index (χ0n) is 14.9. The summed E-state index contributed by atoms with van der Waals surface area (Å²) in [6, 6.07) is 13.7. The SMILES string of the molecule is O=C(CCN1C(=O)/C(=C/c2cccc(Br)c2)SC1=S)Nc1ccccc1C(=O)O. The Morgan fingerprint density at radius 3 is 2.69 bits per heavy atom. The van der Waals surface area contributed by atoms with Crippen LogP contribution in [0.15, 0.2) is 57.9 Å². The largest absolute Gasteiger partial charge is 0.478 e. The standard InChI is InChI=1S/C20H15BrN2O4S2/c21-13-5-3-4-12(10-13)11-16-18(25)23(20(28)29-16)9-8-17(24)22-15-7-2-1-6-14(15)19(26)27/h1-7,10-11H,8-9H2,(H,22,24)(H,26,27)/b16-11-. The predicted octanol–water partition coefficient (Wildman–Crippen LogP) is 4.38. The van der Waals surface area contributed by atoms with Gasteiger partial charge in [0.2, 0.25) is 5.91 Å². The lowest BCUT2D eigenvalue weighted by molar-refractivity contribution is -0.122. The van der Waals surface area contributed by atoms with Crippen LogP contribution in [0.3, 0.4) is 0 Å². The van der Waals surface area contributed by atoms with Crippen LogP contribution < -0.4 is 5.32 Å². The van der Waals surface area contributed by atoms with Crippen molar-refractivity contribution in [3.8, 4) is 0 Å². The fourth-order valence-corrected chi connectivity index (χ4v) is 4.37. The van der Waals surface area contributed by atoms with Crippen LogP contribution >= 0.6 is 39.9 Å². The summed E-state index contributed by atoms with van der Waals surface area (Å²) in [7, 11) is 0. The Kier molecular flexibility index (Phi) is 6.83. The second-order valence-electron chi connectivity index (χ2n) is 6.04. The molecule has 0 aliphatic carbocycles. The summed E-state index contributed by atoms with van der Waals surface area (Å²) in [6.07, 6.45) is 1.75. The summed E-state index contributed by atoms with van der Waals surface area (Å²) < 4.78 is 1.29. The molecule has 0 radical (unpaired) electrons. The number of thiocarbonyl (C=S) groups is 1. The van der Waals surface area contributed by atoms with E-state index in [-0.39, 0.29) is 30.1 Å². The normalized spacial score (nSPS) is 15.1. The van der Waals surface area contributed by atoms with E-state index < -0.39 is 11.9 Å². The van der Waals surface area contributed by atoms with E-state index in [9.17, 15) is 19.5 Å². The minimum Gasteiger partial charge on any atom is -0.478 e. The molecule has 0 atom stereocenters. The number of carboxylic acid groups (broad SMARTS) is 1. The molecule has 1 saturated heterocycles. The average Bonchev–Trinajstić information content (AvgIpc) is 2.93. The van der Waals surface area contributed by atoms with Crippen molar-refractivity contribution >= 4 is 73.8 Å². The van der Waals surface area contributed by atoms with E-state index >= 15 is 0 Å². The van der Waals surface area contributed by atoms with Gasteiger partial charge in [0.15, 0.2) is 0 Å². The van der Waals surface area contributed by atoms with Gasteiger partial charge in [-0.3, -0.25) is 14.5 Å². The molecule has 1 heterocycles. The van der Waals surface area contributed by atoms with Gasteiger partial charge < -0.3 is 10.4 Å². The van der Waals surface area contributed by atoms with Crippen molar-refractivity contribution in [2.24, 2.45) is 0 Å². The molecule has 2 aromatic carbocycles. The molecular weight excluding hydrogens is 476 g/mol. The summed E-state index contributed by atoms with van der Waals surface area (Å²) in [5, 5.41) is 11.8. The molecule has 1 aliphatic heterocycles. The lowest BCUT2D eigenvalue weighted by atomic mass is 10.1. The number of nitrogens with one attached hydrogen (secondary N) is 1. The number of aromatic carboxylic acids is 1. The van der Waals surface area contributed by atoms with Crippen molar-refractivity contribution in [3.63, 3.8) is 0 Å². The van der Waals surface area contributed by atoms with Crippen LogP contribution in [0.25, 0.3) is 6.08 Å². The van der Waals surface area contributed by atoms with Gasteiger partial charge in [0, 0.05) is 17.4 Å². The van der Waals surface area contributed by atoms with Crippen LogP contribution in [0.4, 0.5) is 5.69 Å². The topological polar surface area (TPSA) is 86.7 Å². The van der Waals surface area contributed by atoms with E-state index in [1.54, 1.807) is 18.2 Å². The molecule has 0 unspecified atom stereocenters. The maximum atomic E-state index is 12.6. The highest BCUT2D eigenvalue weighted by Gasteiger charge is 2.32. The van der Waals surface area contributed by atoms with Crippen molar-refractivity contribution in [2.45, 2.75) is 6.42 Å². The van der Waals surface area contributed by atoms with Gasteiger partial charge in [-0.05, 0) is 35.9 Å². The molecule has 29 heavy (non-hydrogen) atoms. The zero-order valence-corrected chi connectivity index (χ0v) is 18.1. The first kappa shape index (κ1) is 21.2. The van der Waals surface area contributed by atoms with Gasteiger partial charge in [-0.1, -0.05) is 64.2 Å². The third kappa shape index (κ3) is 5.31. The van der Waals surface area contributed by atoms with Crippen LogP contribution in [-0.2, 0) is 9.59 Å². The van der Waals surface area contributed by atoms with Gasteiger partial charge in [0.05, 0.1) is 16.2 Å². The molecule has 3 rings (SSSR count). The first-order chi connectivity index (χ1) is 13.8. The number of nitrogens with zero attached hydrogens (tertiary/aromatic N) is 1. The smallest absolute Gasteiger partial charge is 0.337 e. The molecule has 6 nitrogen and oxygen atoms in total. The summed E-state index contributed by atoms with van der Waals surface area (Å²) in [6.45, 7) is 0.113. The number of halogens is 1. The molecule has 148 valence electrons. The maximum Gasteiger partial charge on any atom is 0.337 e. The molecule has 0 bridgehead atoms. The molecule has 9 heteroatoms. The summed E-state index contributed by atoms with van der Waals surface area (Å²) in [5.74, 6) is -1.78. The molecule has 2 N–H and O–H groups in total. The van der Waals surface area contributed by atoms with Gasteiger partial charge in [-0.15, -0.1) is 0 Å². The highest BCUT2D eigenvalue weighted by Crippen LogP contribution is 2.33. The highest BCUT2D eigenvalue weighted by molar-refractivity contribution is 9.10. The molecule has 1 fully saturated rings. The number of para-hydroxylation sites is 1. The van der Waals surface area contributed by atoms with Crippen LogP contribution in [0.1, 0.15) is 22.3 Å². The Balaban J connectivity index is 1.64. The number of anilines is 1. The van der Waals surface area contributed by atoms with Crippen LogP contribution in [0.2, 0.25) is 0 Å². The Bertz CT molecular complexity index is 1040. The van der Waals surface area contributed by atoms with Gasteiger partial charge in [-0.25, -0.2) is 4.79 Å². The van der Waals surface area contributed by atoms with Crippen LogP contribution in [0, 0.1) is 0 Å². The number of rotatable bonds is 6. The number of carbonyl (C=O) groups excluding carboxylic acids is 2. The van der Waals surface area contributed by atoms with Crippen molar-refractivity contribution in [3.05, 3.63) is 69.0 Å². The van der Waals surface area contributed by atoms with Crippen LogP contribution in [0.5, 0.6) is 0 Å². The second-order valence-corrected chi connectivity index (χ2v) is 8.63. The van der Waals surface area contributed by atoms with Crippen molar-refractivity contribution in [1.82, 2.24) is 4.90 Å². The van der Waals surface area contributed by atoms with Crippen molar-refractivity contribution in [2.75, 3.05) is 11.9 Å². The van der Waals surface area contributed by atoms with E-state index in [1.165, 1.54) is 28.8 Å². The fourth-order valence-electron chi connectivity index (χ4n) is 2.65. The minimum atomic E-state index is -1.13. The maximum absolute atomic E-state index is 12.6. The first-order valence-corrected chi connectivity index (χ1v) is 10.5.